The van der Waals surface area contributed by atoms with Gasteiger partial charge in [0.25, 0.3) is 0 Å². The van der Waals surface area contributed by atoms with Crippen molar-refractivity contribution in [3.63, 3.8) is 0 Å². The fourth-order valence-electron chi connectivity index (χ4n) is 3.23. The van der Waals surface area contributed by atoms with Crippen LogP contribution in [0.2, 0.25) is 0 Å². The Labute approximate surface area is 181 Å². The van der Waals surface area contributed by atoms with Gasteiger partial charge in [-0.1, -0.05) is 17.7 Å². The number of sulfone groups is 1. The van der Waals surface area contributed by atoms with E-state index in [4.69, 9.17) is 9.15 Å². The second-order valence-electron chi connectivity index (χ2n) is 7.28. The molecule has 168 valence electrons. The molecule has 1 atom stereocenters. The minimum absolute atomic E-state index is 0.115. The number of aryl methyl sites for hydroxylation is 1. The molecule has 0 saturated carbocycles. The Morgan fingerprint density at radius 3 is 2.39 bits per heavy atom. The number of hydrogen-bond donors (Lipinski definition) is 2. The van der Waals surface area contributed by atoms with Gasteiger partial charge in [0.2, 0.25) is 0 Å². The summed E-state index contributed by atoms with van der Waals surface area (Å²) >= 11 is 0. The first-order valence-corrected chi connectivity index (χ1v) is 11.6. The smallest absolute Gasteiger partial charge is 0.309 e. The van der Waals surface area contributed by atoms with Crippen LogP contribution in [0.15, 0.2) is 52.0 Å². The molecule has 2 amide bonds. The lowest BCUT2D eigenvalue weighted by molar-refractivity contribution is -0.139. The van der Waals surface area contributed by atoms with E-state index in [0.29, 0.717) is 26.3 Å². The van der Waals surface area contributed by atoms with E-state index in [1.54, 1.807) is 18.2 Å². The number of nitrogens with zero attached hydrogens (tertiary/aromatic N) is 1. The Morgan fingerprint density at radius 2 is 1.74 bits per heavy atom. The molecule has 2 aromatic rings. The van der Waals surface area contributed by atoms with Gasteiger partial charge in [0.15, 0.2) is 9.84 Å². The predicted octanol–water partition coefficient (Wildman–Crippen LogP) is 0.668. The third-order valence-corrected chi connectivity index (χ3v) is 7.13. The van der Waals surface area contributed by atoms with Crippen LogP contribution in [0.3, 0.4) is 0 Å². The van der Waals surface area contributed by atoms with Crippen LogP contribution in [0.1, 0.15) is 16.6 Å². The maximum Gasteiger partial charge on any atom is 0.309 e. The Balaban J connectivity index is 1.59. The number of nitrogens with one attached hydrogen (secondary N) is 2. The molecule has 1 aromatic heterocycles. The molecule has 1 aromatic carbocycles. The van der Waals surface area contributed by atoms with E-state index in [9.17, 15) is 18.0 Å². The van der Waals surface area contributed by atoms with Crippen molar-refractivity contribution in [3.8, 4) is 0 Å². The van der Waals surface area contributed by atoms with Gasteiger partial charge in [-0.15, -0.1) is 0 Å². The van der Waals surface area contributed by atoms with Crippen molar-refractivity contribution in [1.82, 2.24) is 15.5 Å². The Bertz CT molecular complexity index is 967. The third-order valence-electron chi connectivity index (χ3n) is 5.06. The molecule has 1 fully saturated rings. The summed E-state index contributed by atoms with van der Waals surface area (Å²) in [6, 6.07) is 9.54. The largest absolute Gasteiger partial charge is 0.468 e. The van der Waals surface area contributed by atoms with Crippen molar-refractivity contribution in [3.05, 3.63) is 54.0 Å². The van der Waals surface area contributed by atoms with E-state index in [1.165, 1.54) is 24.5 Å². The minimum Gasteiger partial charge on any atom is -0.468 e. The molecule has 1 saturated heterocycles. The van der Waals surface area contributed by atoms with E-state index >= 15 is 0 Å². The second-order valence-corrected chi connectivity index (χ2v) is 9.41. The van der Waals surface area contributed by atoms with E-state index in [-0.39, 0.29) is 17.2 Å². The molecule has 31 heavy (non-hydrogen) atoms. The van der Waals surface area contributed by atoms with Crippen molar-refractivity contribution >= 4 is 21.7 Å². The van der Waals surface area contributed by atoms with Crippen molar-refractivity contribution < 1.29 is 27.2 Å². The van der Waals surface area contributed by atoms with Gasteiger partial charge in [-0.3, -0.25) is 14.5 Å². The number of furan rings is 1. The summed E-state index contributed by atoms with van der Waals surface area (Å²) in [6.07, 6.45) is 1.37. The van der Waals surface area contributed by atoms with Crippen molar-refractivity contribution in [2.24, 2.45) is 0 Å². The summed E-state index contributed by atoms with van der Waals surface area (Å²) in [7, 11) is -3.85. The predicted molar refractivity (Wildman–Crippen MR) is 113 cm³/mol. The number of morpholine rings is 1. The maximum atomic E-state index is 13.1. The van der Waals surface area contributed by atoms with Crippen LogP contribution in [0, 0.1) is 6.92 Å². The highest BCUT2D eigenvalue weighted by Gasteiger charge is 2.32. The van der Waals surface area contributed by atoms with Crippen LogP contribution in [-0.4, -0.2) is 71.1 Å². The Kier molecular flexibility index (Phi) is 7.83. The molecule has 0 radical (unpaired) electrons. The summed E-state index contributed by atoms with van der Waals surface area (Å²) in [4.78, 5) is 26.6. The summed E-state index contributed by atoms with van der Waals surface area (Å²) in [6.45, 7) is 5.36. The molecule has 2 N–H and O–H groups in total. The van der Waals surface area contributed by atoms with Crippen LogP contribution in [-0.2, 0) is 24.2 Å². The molecule has 0 bridgehead atoms. The normalized spacial score (nSPS) is 15.9. The number of benzene rings is 1. The standard InChI is InChI=1S/C21H27N3O6S/c1-16-4-6-17(7-5-16)31(27,28)19(18-3-2-12-30-18)15-23-21(26)20(25)22-8-9-24-10-13-29-14-11-24/h2-7,12,19H,8-11,13-15H2,1H3,(H,22,25)(H,23,26). The number of amides is 2. The monoisotopic (exact) mass is 449 g/mol. The van der Waals surface area contributed by atoms with Gasteiger partial charge in [0, 0.05) is 32.7 Å². The molecule has 3 rings (SSSR count). The van der Waals surface area contributed by atoms with E-state index < -0.39 is 26.9 Å². The topological polar surface area (TPSA) is 118 Å². The second kappa shape index (κ2) is 10.6. The Hall–Kier alpha value is -2.69. The molecule has 9 nitrogen and oxygen atoms in total. The van der Waals surface area contributed by atoms with Gasteiger partial charge in [0.1, 0.15) is 11.0 Å². The number of carbonyl (C=O) groups is 2. The van der Waals surface area contributed by atoms with Gasteiger partial charge in [-0.05, 0) is 31.2 Å². The molecular weight excluding hydrogens is 422 g/mol. The molecule has 0 aliphatic carbocycles. The quantitative estimate of drug-likeness (QED) is 0.569. The molecule has 1 aliphatic rings. The van der Waals surface area contributed by atoms with Crippen LogP contribution < -0.4 is 10.6 Å². The van der Waals surface area contributed by atoms with Crippen LogP contribution >= 0.6 is 0 Å². The minimum atomic E-state index is -3.85. The first-order valence-electron chi connectivity index (χ1n) is 10.1. The van der Waals surface area contributed by atoms with Gasteiger partial charge in [-0.2, -0.15) is 0 Å². The lowest BCUT2D eigenvalue weighted by atomic mass is 10.2. The first kappa shape index (κ1) is 23.0. The SMILES string of the molecule is Cc1ccc(S(=O)(=O)C(CNC(=O)C(=O)NCCN2CCOCC2)c2ccco2)cc1. The summed E-state index contributed by atoms with van der Waals surface area (Å²) in [5, 5.41) is 3.82. The van der Waals surface area contributed by atoms with Gasteiger partial charge < -0.3 is 19.8 Å². The van der Waals surface area contributed by atoms with Crippen molar-refractivity contribution in [1.29, 1.82) is 0 Å². The van der Waals surface area contributed by atoms with Crippen molar-refractivity contribution in [2.75, 3.05) is 45.9 Å². The lowest BCUT2D eigenvalue weighted by Gasteiger charge is -2.26. The van der Waals surface area contributed by atoms with Crippen LogP contribution in [0.4, 0.5) is 0 Å². The lowest BCUT2D eigenvalue weighted by Crippen LogP contribution is -2.46. The number of ether oxygens (including phenoxy) is 1. The zero-order chi connectivity index (χ0) is 22.3. The average molecular weight is 450 g/mol. The highest BCUT2D eigenvalue weighted by molar-refractivity contribution is 7.91. The molecule has 1 aliphatic heterocycles. The fraction of sp³-hybridized carbons (Fsp3) is 0.429. The molecule has 0 spiro atoms. The zero-order valence-electron chi connectivity index (χ0n) is 17.4. The molecule has 1 unspecified atom stereocenters. The molecular formula is C21H27N3O6S. The number of rotatable bonds is 8. The van der Waals surface area contributed by atoms with Crippen LogP contribution in [0.25, 0.3) is 0 Å². The van der Waals surface area contributed by atoms with E-state index in [2.05, 4.69) is 15.5 Å². The first-order chi connectivity index (χ1) is 14.9. The number of hydrogen-bond acceptors (Lipinski definition) is 7. The summed E-state index contributed by atoms with van der Waals surface area (Å²) in [5.74, 6) is -1.51. The van der Waals surface area contributed by atoms with Crippen LogP contribution in [0.5, 0.6) is 0 Å². The van der Waals surface area contributed by atoms with E-state index in [0.717, 1.165) is 18.7 Å². The summed E-state index contributed by atoms with van der Waals surface area (Å²) < 4.78 is 36.9. The van der Waals surface area contributed by atoms with Gasteiger partial charge in [-0.25, -0.2) is 8.42 Å². The highest BCUT2D eigenvalue weighted by atomic mass is 32.2. The fourth-order valence-corrected chi connectivity index (χ4v) is 4.81. The molecule has 2 heterocycles. The van der Waals surface area contributed by atoms with Gasteiger partial charge >= 0.3 is 11.8 Å². The third kappa shape index (κ3) is 6.16. The van der Waals surface area contributed by atoms with Gasteiger partial charge in [0.05, 0.1) is 24.4 Å². The number of carbonyl (C=O) groups excluding carboxylic acids is 2. The molecule has 10 heteroatoms. The Morgan fingerprint density at radius 1 is 1.06 bits per heavy atom. The van der Waals surface area contributed by atoms with E-state index in [1.807, 2.05) is 6.92 Å². The summed E-state index contributed by atoms with van der Waals surface area (Å²) in [5.41, 5.74) is 0.926. The maximum absolute atomic E-state index is 13.1. The van der Waals surface area contributed by atoms with Crippen molar-refractivity contribution in [2.45, 2.75) is 17.1 Å². The zero-order valence-corrected chi connectivity index (χ0v) is 18.2. The highest BCUT2D eigenvalue weighted by Crippen LogP contribution is 2.29. The average Bonchev–Trinajstić information content (AvgIpc) is 3.29.